The van der Waals surface area contributed by atoms with Crippen LogP contribution in [-0.2, 0) is 0 Å². The van der Waals surface area contributed by atoms with E-state index in [0.29, 0.717) is 0 Å². The van der Waals surface area contributed by atoms with E-state index in [2.05, 4.69) is 20.8 Å². The van der Waals surface area contributed by atoms with Gasteiger partial charge in [0.2, 0.25) is 0 Å². The zero-order valence-corrected chi connectivity index (χ0v) is 32.9. The molecule has 0 aromatic rings. The van der Waals surface area contributed by atoms with E-state index in [1.807, 2.05) is 0 Å². The third-order valence-electron chi connectivity index (χ3n) is 10.7. The molecule has 0 bridgehead atoms. The standard InChI is InChI=1S/C44H89Cl/c1-4-7-10-13-16-19-22-24-25-26-28-31-34-37-40-43-44(45,41-38-35-32-29-21-18-15-12-9-6-3)42-39-36-33-30-27-23-20-17-14-11-8-5-2/h4-43H2,1-3H3. The van der Waals surface area contributed by atoms with Gasteiger partial charge in [0.25, 0.3) is 0 Å². The number of unbranched alkanes of at least 4 members (excludes halogenated alkanes) is 34. The summed E-state index contributed by atoms with van der Waals surface area (Å²) in [7, 11) is 0. The van der Waals surface area contributed by atoms with Crippen LogP contribution >= 0.6 is 11.6 Å². The molecule has 1 heteroatoms. The highest BCUT2D eigenvalue weighted by Crippen LogP contribution is 2.35. The molecule has 0 amide bonds. The fraction of sp³-hybridized carbons (Fsp3) is 1.00. The summed E-state index contributed by atoms with van der Waals surface area (Å²) >= 11 is 7.44. The SMILES string of the molecule is CCCCCCCCCCCCCCCCCC(Cl)(CCCCCCCCCCCC)CCCCCCCCCCCCCC. The average Bonchev–Trinajstić information content (AvgIpc) is 3.04. The molecule has 0 rings (SSSR count). The number of halogens is 1. The Balaban J connectivity index is 4.03. The lowest BCUT2D eigenvalue weighted by Crippen LogP contribution is -2.21. The Bertz CT molecular complexity index is 515. The van der Waals surface area contributed by atoms with Gasteiger partial charge in [0.1, 0.15) is 0 Å². The van der Waals surface area contributed by atoms with Crippen molar-refractivity contribution >= 4 is 11.6 Å². The Morgan fingerprint density at radius 1 is 0.222 bits per heavy atom. The molecule has 272 valence electrons. The monoisotopic (exact) mass is 653 g/mol. The molecule has 45 heavy (non-hydrogen) atoms. The van der Waals surface area contributed by atoms with E-state index in [1.165, 1.54) is 257 Å². The first-order chi connectivity index (χ1) is 22.2. The van der Waals surface area contributed by atoms with Crippen LogP contribution in [0.4, 0.5) is 0 Å². The van der Waals surface area contributed by atoms with Gasteiger partial charge in [0.05, 0.1) is 0 Å². The lowest BCUT2D eigenvalue weighted by atomic mass is 9.88. The Morgan fingerprint density at radius 2 is 0.356 bits per heavy atom. The van der Waals surface area contributed by atoms with Gasteiger partial charge >= 0.3 is 0 Å². The van der Waals surface area contributed by atoms with Crippen molar-refractivity contribution < 1.29 is 0 Å². The van der Waals surface area contributed by atoms with Crippen LogP contribution in [0.25, 0.3) is 0 Å². The molecular formula is C44H89Cl. The lowest BCUT2D eigenvalue weighted by Gasteiger charge is -2.27. The molecule has 0 aliphatic heterocycles. The zero-order valence-electron chi connectivity index (χ0n) is 32.2. The van der Waals surface area contributed by atoms with Gasteiger partial charge in [-0.2, -0.15) is 0 Å². The summed E-state index contributed by atoms with van der Waals surface area (Å²) in [6.07, 6.45) is 56.9. The van der Waals surface area contributed by atoms with Crippen molar-refractivity contribution in [1.82, 2.24) is 0 Å². The van der Waals surface area contributed by atoms with Crippen molar-refractivity contribution in [2.75, 3.05) is 0 Å². The summed E-state index contributed by atoms with van der Waals surface area (Å²) in [6.45, 7) is 6.94. The fourth-order valence-corrected chi connectivity index (χ4v) is 7.80. The van der Waals surface area contributed by atoms with E-state index < -0.39 is 0 Å². The van der Waals surface area contributed by atoms with Crippen LogP contribution in [0.1, 0.15) is 278 Å². The maximum absolute atomic E-state index is 7.44. The van der Waals surface area contributed by atoms with Crippen molar-refractivity contribution in [3.8, 4) is 0 Å². The molecule has 0 radical (unpaired) electrons. The highest BCUT2D eigenvalue weighted by Gasteiger charge is 2.25. The Labute approximate surface area is 293 Å². The minimum atomic E-state index is 0.0924. The molecular weight excluding hydrogens is 564 g/mol. The first-order valence-electron chi connectivity index (χ1n) is 21.9. The Hall–Kier alpha value is 0.290. The average molecular weight is 654 g/mol. The molecule has 0 aliphatic carbocycles. The maximum atomic E-state index is 7.44. The van der Waals surface area contributed by atoms with E-state index in [-0.39, 0.29) is 4.87 Å². The minimum Gasteiger partial charge on any atom is -0.119 e. The van der Waals surface area contributed by atoms with Crippen molar-refractivity contribution in [3.05, 3.63) is 0 Å². The van der Waals surface area contributed by atoms with Crippen LogP contribution in [0, 0.1) is 0 Å². The number of hydrogen-bond donors (Lipinski definition) is 0. The molecule has 0 saturated carbocycles. The van der Waals surface area contributed by atoms with Crippen LogP contribution in [0.5, 0.6) is 0 Å². The molecule has 0 heterocycles. The predicted octanol–water partition coefficient (Wildman–Crippen LogP) is 17.6. The third-order valence-corrected chi connectivity index (χ3v) is 11.3. The lowest BCUT2D eigenvalue weighted by molar-refractivity contribution is 0.394. The van der Waals surface area contributed by atoms with E-state index in [9.17, 15) is 0 Å². The van der Waals surface area contributed by atoms with Crippen LogP contribution < -0.4 is 0 Å². The van der Waals surface area contributed by atoms with Crippen LogP contribution in [0.15, 0.2) is 0 Å². The quantitative estimate of drug-likeness (QED) is 0.0456. The van der Waals surface area contributed by atoms with E-state index in [0.717, 1.165) is 0 Å². The molecule has 0 N–H and O–H groups in total. The molecule has 0 saturated heterocycles. The minimum absolute atomic E-state index is 0.0924. The zero-order chi connectivity index (χ0) is 32.8. The molecule has 0 nitrogen and oxygen atoms in total. The summed E-state index contributed by atoms with van der Waals surface area (Å²) in [5.74, 6) is 0. The van der Waals surface area contributed by atoms with E-state index in [4.69, 9.17) is 11.6 Å². The summed E-state index contributed by atoms with van der Waals surface area (Å²) in [6, 6.07) is 0. The number of alkyl halides is 1. The van der Waals surface area contributed by atoms with E-state index in [1.54, 1.807) is 0 Å². The molecule has 0 spiro atoms. The highest BCUT2D eigenvalue weighted by molar-refractivity contribution is 6.23. The van der Waals surface area contributed by atoms with Gasteiger partial charge in [-0.25, -0.2) is 0 Å². The molecule has 1 atom stereocenters. The second kappa shape index (κ2) is 38.7. The second-order valence-corrected chi connectivity index (χ2v) is 16.2. The van der Waals surface area contributed by atoms with Gasteiger partial charge in [0, 0.05) is 4.87 Å². The Kier molecular flexibility index (Phi) is 39.0. The molecule has 0 aromatic heterocycles. The topological polar surface area (TPSA) is 0 Å². The normalized spacial score (nSPS) is 13.1. The third kappa shape index (κ3) is 37.0. The number of hydrogen-bond acceptors (Lipinski definition) is 0. The fourth-order valence-electron chi connectivity index (χ4n) is 7.40. The van der Waals surface area contributed by atoms with Gasteiger partial charge in [0.15, 0.2) is 0 Å². The van der Waals surface area contributed by atoms with Crippen LogP contribution in [-0.4, -0.2) is 4.87 Å². The first kappa shape index (κ1) is 45.3. The van der Waals surface area contributed by atoms with Gasteiger partial charge in [-0.3, -0.25) is 0 Å². The highest BCUT2D eigenvalue weighted by atomic mass is 35.5. The second-order valence-electron chi connectivity index (χ2n) is 15.4. The molecule has 0 aliphatic rings. The summed E-state index contributed by atoms with van der Waals surface area (Å²) in [4.78, 5) is 0.0924. The van der Waals surface area contributed by atoms with Crippen molar-refractivity contribution in [2.24, 2.45) is 0 Å². The van der Waals surface area contributed by atoms with Crippen LogP contribution in [0.3, 0.4) is 0 Å². The van der Waals surface area contributed by atoms with Gasteiger partial charge in [-0.15, -0.1) is 11.6 Å². The summed E-state index contributed by atoms with van der Waals surface area (Å²) in [5, 5.41) is 0. The first-order valence-corrected chi connectivity index (χ1v) is 22.2. The van der Waals surface area contributed by atoms with Gasteiger partial charge in [-0.1, -0.05) is 258 Å². The number of rotatable bonds is 40. The molecule has 1 unspecified atom stereocenters. The van der Waals surface area contributed by atoms with Crippen molar-refractivity contribution in [2.45, 2.75) is 282 Å². The van der Waals surface area contributed by atoms with Crippen molar-refractivity contribution in [3.63, 3.8) is 0 Å². The smallest absolute Gasteiger partial charge is 0.0446 e. The van der Waals surface area contributed by atoms with Crippen LogP contribution in [0.2, 0.25) is 0 Å². The van der Waals surface area contributed by atoms with Gasteiger partial charge in [-0.05, 0) is 19.3 Å². The van der Waals surface area contributed by atoms with Crippen molar-refractivity contribution in [1.29, 1.82) is 0 Å². The maximum Gasteiger partial charge on any atom is 0.0446 e. The predicted molar refractivity (Wildman–Crippen MR) is 210 cm³/mol. The summed E-state index contributed by atoms with van der Waals surface area (Å²) in [5.41, 5.74) is 0. The largest absolute Gasteiger partial charge is 0.119 e. The summed E-state index contributed by atoms with van der Waals surface area (Å²) < 4.78 is 0. The van der Waals surface area contributed by atoms with E-state index >= 15 is 0 Å². The molecule has 0 aromatic carbocycles. The molecule has 0 fully saturated rings. The Morgan fingerprint density at radius 3 is 0.511 bits per heavy atom. The van der Waals surface area contributed by atoms with Gasteiger partial charge < -0.3 is 0 Å².